The van der Waals surface area contributed by atoms with Crippen LogP contribution in [0, 0.1) is 0 Å². The zero-order valence-electron chi connectivity index (χ0n) is 9.13. The Kier molecular flexibility index (Phi) is 2.62. The summed E-state index contributed by atoms with van der Waals surface area (Å²) in [6, 6.07) is 6.08. The highest BCUT2D eigenvalue weighted by Gasteiger charge is 2.52. The summed E-state index contributed by atoms with van der Waals surface area (Å²) in [6.45, 7) is 2.06. The molecule has 1 aromatic rings. The first-order valence-corrected chi connectivity index (χ1v) is 5.38. The third-order valence-corrected chi connectivity index (χ3v) is 3.30. The average molecular weight is 227 g/mol. The number of nitrogens with one attached hydrogen (secondary N) is 1. The number of phenols is 1. The van der Waals surface area contributed by atoms with Crippen LogP contribution in [-0.4, -0.2) is 17.6 Å². The van der Waals surface area contributed by atoms with E-state index in [1.54, 1.807) is 12.1 Å². The van der Waals surface area contributed by atoms with Crippen molar-refractivity contribution in [2.45, 2.75) is 31.2 Å². The molecule has 1 saturated heterocycles. The topological polar surface area (TPSA) is 32.3 Å². The van der Waals surface area contributed by atoms with Gasteiger partial charge in [0.15, 0.2) is 0 Å². The van der Waals surface area contributed by atoms with Gasteiger partial charge in [0.05, 0.1) is 0 Å². The lowest BCUT2D eigenvalue weighted by molar-refractivity contribution is -0.110. The summed E-state index contributed by atoms with van der Waals surface area (Å²) in [6.07, 6.45) is 0.355. The molecule has 1 aromatic carbocycles. The molecule has 1 unspecified atom stereocenters. The molecule has 1 aliphatic heterocycles. The van der Waals surface area contributed by atoms with E-state index in [1.807, 2.05) is 0 Å². The molecule has 0 radical (unpaired) electrons. The Balaban J connectivity index is 2.43. The quantitative estimate of drug-likeness (QED) is 0.773. The molecule has 0 aliphatic carbocycles. The predicted octanol–water partition coefficient (Wildman–Crippen LogP) is 2.63. The van der Waals surface area contributed by atoms with Crippen LogP contribution in [0.3, 0.4) is 0 Å². The minimum atomic E-state index is -2.79. The van der Waals surface area contributed by atoms with Gasteiger partial charge in [-0.1, -0.05) is 12.1 Å². The first kappa shape index (κ1) is 11.3. The van der Waals surface area contributed by atoms with Gasteiger partial charge in [0.2, 0.25) is 0 Å². The monoisotopic (exact) mass is 227 g/mol. The Morgan fingerprint density at radius 2 is 2.12 bits per heavy atom. The summed E-state index contributed by atoms with van der Waals surface area (Å²) in [5.74, 6) is -2.78. The lowest BCUT2D eigenvalue weighted by atomic mass is 9.80. The van der Waals surface area contributed by atoms with Crippen LogP contribution in [0.4, 0.5) is 8.78 Å². The lowest BCUT2D eigenvalue weighted by Gasteiger charge is -2.42. The van der Waals surface area contributed by atoms with E-state index >= 15 is 0 Å². The number of phenolic OH excluding ortho intramolecular Hbond substituents is 1. The van der Waals surface area contributed by atoms with Gasteiger partial charge in [-0.25, -0.2) is 8.78 Å². The van der Waals surface area contributed by atoms with Crippen LogP contribution in [-0.2, 0) is 5.54 Å². The Morgan fingerprint density at radius 3 is 2.75 bits per heavy atom. The molecule has 0 bridgehead atoms. The predicted molar refractivity (Wildman–Crippen MR) is 57.6 cm³/mol. The van der Waals surface area contributed by atoms with E-state index in [2.05, 4.69) is 5.32 Å². The highest BCUT2D eigenvalue weighted by Crippen LogP contribution is 2.43. The molecule has 16 heavy (non-hydrogen) atoms. The number of rotatable bonds is 1. The van der Waals surface area contributed by atoms with Gasteiger partial charge in [0.1, 0.15) is 11.3 Å². The van der Waals surface area contributed by atoms with Gasteiger partial charge in [-0.3, -0.25) is 0 Å². The van der Waals surface area contributed by atoms with E-state index in [0.29, 0.717) is 18.5 Å². The highest BCUT2D eigenvalue weighted by atomic mass is 19.3. The molecule has 1 atom stereocenters. The summed E-state index contributed by atoms with van der Waals surface area (Å²) in [4.78, 5) is 0. The maximum absolute atomic E-state index is 13.9. The van der Waals surface area contributed by atoms with Gasteiger partial charge in [0.25, 0.3) is 5.92 Å². The molecule has 2 nitrogen and oxygen atoms in total. The molecule has 0 aromatic heterocycles. The number of benzene rings is 1. The van der Waals surface area contributed by atoms with Crippen molar-refractivity contribution in [3.05, 3.63) is 29.8 Å². The van der Waals surface area contributed by atoms with Gasteiger partial charge in [-0.05, 0) is 37.6 Å². The van der Waals surface area contributed by atoms with Crippen molar-refractivity contribution >= 4 is 0 Å². The van der Waals surface area contributed by atoms with Gasteiger partial charge >= 0.3 is 0 Å². The van der Waals surface area contributed by atoms with E-state index in [4.69, 9.17) is 0 Å². The van der Waals surface area contributed by atoms with E-state index in [-0.39, 0.29) is 12.2 Å². The third-order valence-electron chi connectivity index (χ3n) is 3.30. The summed E-state index contributed by atoms with van der Waals surface area (Å²) < 4.78 is 27.9. The maximum atomic E-state index is 13.9. The summed E-state index contributed by atoms with van der Waals surface area (Å²) in [5, 5.41) is 12.2. The van der Waals surface area contributed by atoms with Gasteiger partial charge in [0, 0.05) is 6.42 Å². The minimum Gasteiger partial charge on any atom is -0.508 e. The van der Waals surface area contributed by atoms with Crippen molar-refractivity contribution in [3.8, 4) is 5.75 Å². The lowest BCUT2D eigenvalue weighted by Crippen LogP contribution is -2.57. The fraction of sp³-hybridized carbons (Fsp3) is 0.500. The smallest absolute Gasteiger partial charge is 0.269 e. The molecule has 2 rings (SSSR count). The van der Waals surface area contributed by atoms with Crippen molar-refractivity contribution < 1.29 is 13.9 Å². The van der Waals surface area contributed by atoms with Crippen molar-refractivity contribution in [2.24, 2.45) is 0 Å². The standard InChI is InChI=1S/C12H15F2NO/c1-11(9-4-2-5-10(16)8-9)12(13,14)6-3-7-15-11/h2,4-5,8,15-16H,3,6-7H2,1H3. The Morgan fingerprint density at radius 1 is 1.38 bits per heavy atom. The van der Waals surface area contributed by atoms with Crippen LogP contribution in [0.25, 0.3) is 0 Å². The van der Waals surface area contributed by atoms with Crippen LogP contribution in [0.15, 0.2) is 24.3 Å². The van der Waals surface area contributed by atoms with Crippen molar-refractivity contribution in [2.75, 3.05) is 6.54 Å². The largest absolute Gasteiger partial charge is 0.508 e. The molecule has 0 amide bonds. The first-order valence-electron chi connectivity index (χ1n) is 5.38. The molecule has 1 heterocycles. The fourth-order valence-corrected chi connectivity index (χ4v) is 2.16. The molecule has 2 N–H and O–H groups in total. The van der Waals surface area contributed by atoms with Crippen LogP contribution < -0.4 is 5.32 Å². The molecule has 0 spiro atoms. The second-order valence-electron chi connectivity index (χ2n) is 4.41. The van der Waals surface area contributed by atoms with E-state index in [1.165, 1.54) is 19.1 Å². The summed E-state index contributed by atoms with van der Waals surface area (Å²) in [7, 11) is 0. The summed E-state index contributed by atoms with van der Waals surface area (Å²) >= 11 is 0. The number of hydrogen-bond acceptors (Lipinski definition) is 2. The second kappa shape index (κ2) is 3.70. The SMILES string of the molecule is CC1(c2cccc(O)c2)NCCCC1(F)F. The molecule has 0 saturated carbocycles. The van der Waals surface area contributed by atoms with Crippen LogP contribution in [0.1, 0.15) is 25.3 Å². The van der Waals surface area contributed by atoms with Crippen molar-refractivity contribution in [3.63, 3.8) is 0 Å². The van der Waals surface area contributed by atoms with Crippen LogP contribution in [0.5, 0.6) is 5.75 Å². The maximum Gasteiger partial charge on any atom is 0.269 e. The number of aromatic hydroxyl groups is 1. The third kappa shape index (κ3) is 1.67. The van der Waals surface area contributed by atoms with Crippen molar-refractivity contribution in [1.29, 1.82) is 0 Å². The number of halogens is 2. The van der Waals surface area contributed by atoms with Gasteiger partial charge in [-0.2, -0.15) is 0 Å². The van der Waals surface area contributed by atoms with Crippen LogP contribution >= 0.6 is 0 Å². The van der Waals surface area contributed by atoms with Gasteiger partial charge < -0.3 is 10.4 Å². The molecule has 1 aliphatic rings. The molecular formula is C12H15F2NO. The zero-order chi connectivity index (χ0) is 11.8. The zero-order valence-corrected chi connectivity index (χ0v) is 9.13. The average Bonchev–Trinajstić information content (AvgIpc) is 2.22. The molecule has 88 valence electrons. The summed E-state index contributed by atoms with van der Waals surface area (Å²) in [5.41, 5.74) is -0.957. The Labute approximate surface area is 93.3 Å². The number of alkyl halides is 2. The minimum absolute atomic E-state index is 0.0156. The number of hydrogen-bond donors (Lipinski definition) is 2. The van der Waals surface area contributed by atoms with Crippen molar-refractivity contribution in [1.82, 2.24) is 5.32 Å². The normalized spacial score (nSPS) is 28.9. The van der Waals surface area contributed by atoms with Crippen LogP contribution in [0.2, 0.25) is 0 Å². The first-order chi connectivity index (χ1) is 7.46. The number of piperidine rings is 1. The van der Waals surface area contributed by atoms with E-state index in [0.717, 1.165) is 0 Å². The fourth-order valence-electron chi connectivity index (χ4n) is 2.16. The second-order valence-corrected chi connectivity index (χ2v) is 4.41. The van der Waals surface area contributed by atoms with E-state index in [9.17, 15) is 13.9 Å². The molecular weight excluding hydrogens is 212 g/mol. The van der Waals surface area contributed by atoms with E-state index < -0.39 is 11.5 Å². The Bertz CT molecular complexity index is 394. The Hall–Kier alpha value is -1.16. The molecule has 1 fully saturated rings. The van der Waals surface area contributed by atoms with Gasteiger partial charge in [-0.15, -0.1) is 0 Å². The molecule has 4 heteroatoms. The highest BCUT2D eigenvalue weighted by molar-refractivity contribution is 5.34.